The zero-order chi connectivity index (χ0) is 18.5. The lowest BCUT2D eigenvalue weighted by molar-refractivity contribution is -0.145. The number of hydrogen-bond donors (Lipinski definition) is 1. The fraction of sp³-hybridized carbons (Fsp3) is 0.381. The summed E-state index contributed by atoms with van der Waals surface area (Å²) in [4.78, 5) is 14.0. The van der Waals surface area contributed by atoms with Crippen molar-refractivity contribution < 1.29 is 14.6 Å². The lowest BCUT2D eigenvalue weighted by atomic mass is 9.91. The molecule has 3 rings (SSSR count). The van der Waals surface area contributed by atoms with Gasteiger partial charge in [-0.2, -0.15) is 0 Å². The maximum Gasteiger partial charge on any atom is 0.320 e. The fourth-order valence-corrected chi connectivity index (χ4v) is 3.93. The van der Waals surface area contributed by atoms with Crippen LogP contribution in [0.15, 0.2) is 53.0 Å². The van der Waals surface area contributed by atoms with Crippen molar-refractivity contribution in [3.05, 3.63) is 64.1 Å². The summed E-state index contributed by atoms with van der Waals surface area (Å²) in [6.45, 7) is 3.37. The summed E-state index contributed by atoms with van der Waals surface area (Å²) in [6.07, 6.45) is 2.68. The third-order valence-electron chi connectivity index (χ3n) is 4.85. The second kappa shape index (κ2) is 8.69. The average Bonchev–Trinajstić information content (AvgIpc) is 2.65. The van der Waals surface area contributed by atoms with E-state index in [1.165, 1.54) is 0 Å². The number of carboxylic acids is 1. The van der Waals surface area contributed by atoms with Crippen LogP contribution in [0.3, 0.4) is 0 Å². The molecular formula is C21H24BrNO3. The van der Waals surface area contributed by atoms with Gasteiger partial charge in [0.1, 0.15) is 11.8 Å². The van der Waals surface area contributed by atoms with E-state index >= 15 is 0 Å². The highest BCUT2D eigenvalue weighted by Gasteiger charge is 2.35. The van der Waals surface area contributed by atoms with Crippen molar-refractivity contribution in [1.29, 1.82) is 0 Å². The molecular weight excluding hydrogens is 394 g/mol. The SMILES string of the molecule is CCOc1ccc(C(c2ccc(Br)cc2)N2CCCCC2C(=O)O)cc1. The Labute approximate surface area is 162 Å². The topological polar surface area (TPSA) is 49.8 Å². The van der Waals surface area contributed by atoms with Gasteiger partial charge >= 0.3 is 5.97 Å². The van der Waals surface area contributed by atoms with E-state index < -0.39 is 12.0 Å². The predicted molar refractivity (Wildman–Crippen MR) is 106 cm³/mol. The zero-order valence-corrected chi connectivity index (χ0v) is 16.5. The quantitative estimate of drug-likeness (QED) is 0.727. The Morgan fingerprint density at radius 2 is 1.77 bits per heavy atom. The van der Waals surface area contributed by atoms with E-state index in [-0.39, 0.29) is 6.04 Å². The molecule has 26 heavy (non-hydrogen) atoms. The fourth-order valence-electron chi connectivity index (χ4n) is 3.66. The standard InChI is InChI=1S/C21H24BrNO3/c1-2-26-18-12-8-16(9-13-18)20(15-6-10-17(22)11-7-15)23-14-4-3-5-19(23)21(24)25/h6-13,19-20H,2-5,14H2,1H3,(H,24,25). The van der Waals surface area contributed by atoms with Gasteiger partial charge in [0.05, 0.1) is 12.6 Å². The first kappa shape index (κ1) is 18.9. The summed E-state index contributed by atoms with van der Waals surface area (Å²) in [6, 6.07) is 15.6. The molecule has 1 fully saturated rings. The lowest BCUT2D eigenvalue weighted by Crippen LogP contribution is -2.46. The number of piperidine rings is 1. The molecule has 138 valence electrons. The molecule has 1 heterocycles. The second-order valence-corrected chi connectivity index (χ2v) is 7.46. The number of rotatable bonds is 6. The van der Waals surface area contributed by atoms with E-state index in [9.17, 15) is 9.90 Å². The molecule has 5 heteroatoms. The molecule has 1 saturated heterocycles. The molecule has 0 saturated carbocycles. The molecule has 1 aliphatic rings. The highest BCUT2D eigenvalue weighted by molar-refractivity contribution is 9.10. The van der Waals surface area contributed by atoms with Crippen molar-refractivity contribution in [3.8, 4) is 5.75 Å². The first-order chi connectivity index (χ1) is 12.6. The molecule has 2 aromatic rings. The Bertz CT molecular complexity index is 730. The number of likely N-dealkylation sites (tertiary alicyclic amines) is 1. The Balaban J connectivity index is 2.00. The highest BCUT2D eigenvalue weighted by atomic mass is 79.9. The monoisotopic (exact) mass is 417 g/mol. The first-order valence-corrected chi connectivity index (χ1v) is 9.86. The first-order valence-electron chi connectivity index (χ1n) is 9.07. The summed E-state index contributed by atoms with van der Waals surface area (Å²) in [5.74, 6) is 0.0944. The highest BCUT2D eigenvalue weighted by Crippen LogP contribution is 2.35. The van der Waals surface area contributed by atoms with Crippen molar-refractivity contribution in [1.82, 2.24) is 4.90 Å². The van der Waals surface area contributed by atoms with Crippen molar-refractivity contribution >= 4 is 21.9 Å². The van der Waals surface area contributed by atoms with Gasteiger partial charge in [-0.15, -0.1) is 0 Å². The maximum atomic E-state index is 11.9. The number of carboxylic acid groups (broad SMARTS) is 1. The van der Waals surface area contributed by atoms with Crippen LogP contribution in [-0.2, 0) is 4.79 Å². The van der Waals surface area contributed by atoms with Crippen LogP contribution < -0.4 is 4.74 Å². The van der Waals surface area contributed by atoms with Gasteiger partial charge in [-0.25, -0.2) is 0 Å². The van der Waals surface area contributed by atoms with Gasteiger partial charge in [0, 0.05) is 4.47 Å². The number of halogens is 1. The summed E-state index contributed by atoms with van der Waals surface area (Å²) in [5, 5.41) is 9.74. The van der Waals surface area contributed by atoms with Gasteiger partial charge in [0.25, 0.3) is 0 Å². The zero-order valence-electron chi connectivity index (χ0n) is 14.9. The third-order valence-corrected chi connectivity index (χ3v) is 5.38. The number of aliphatic carboxylic acids is 1. The third kappa shape index (κ3) is 4.27. The van der Waals surface area contributed by atoms with E-state index in [1.807, 2.05) is 43.3 Å². The van der Waals surface area contributed by atoms with E-state index in [2.05, 4.69) is 33.0 Å². The number of ether oxygens (including phenoxy) is 1. The number of nitrogens with zero attached hydrogens (tertiary/aromatic N) is 1. The summed E-state index contributed by atoms with van der Waals surface area (Å²) in [7, 11) is 0. The van der Waals surface area contributed by atoms with Gasteiger partial charge < -0.3 is 9.84 Å². The molecule has 0 aromatic heterocycles. The van der Waals surface area contributed by atoms with Crippen LogP contribution >= 0.6 is 15.9 Å². The van der Waals surface area contributed by atoms with Gasteiger partial charge in [-0.3, -0.25) is 9.69 Å². The van der Waals surface area contributed by atoms with Crippen molar-refractivity contribution in [2.75, 3.05) is 13.2 Å². The molecule has 0 spiro atoms. The molecule has 2 atom stereocenters. The minimum Gasteiger partial charge on any atom is -0.494 e. The Kier molecular flexibility index (Phi) is 6.33. The molecule has 0 aliphatic carbocycles. The molecule has 4 nitrogen and oxygen atoms in total. The molecule has 2 aromatic carbocycles. The van der Waals surface area contributed by atoms with Crippen LogP contribution in [0, 0.1) is 0 Å². The van der Waals surface area contributed by atoms with Gasteiger partial charge in [0.2, 0.25) is 0 Å². The number of hydrogen-bond acceptors (Lipinski definition) is 3. The van der Waals surface area contributed by atoms with Crippen LogP contribution in [0.25, 0.3) is 0 Å². The van der Waals surface area contributed by atoms with Gasteiger partial charge in [-0.05, 0) is 61.7 Å². The Morgan fingerprint density at radius 1 is 1.15 bits per heavy atom. The van der Waals surface area contributed by atoms with E-state index in [1.54, 1.807) is 0 Å². The minimum atomic E-state index is -0.738. The Morgan fingerprint density at radius 3 is 2.35 bits per heavy atom. The minimum absolute atomic E-state index is 0.0832. The average molecular weight is 418 g/mol. The van der Waals surface area contributed by atoms with E-state index in [4.69, 9.17) is 4.74 Å². The van der Waals surface area contributed by atoms with Crippen LogP contribution in [-0.4, -0.2) is 35.2 Å². The van der Waals surface area contributed by atoms with Crippen LogP contribution in [0.2, 0.25) is 0 Å². The molecule has 2 unspecified atom stereocenters. The van der Waals surface area contributed by atoms with E-state index in [0.29, 0.717) is 13.0 Å². The van der Waals surface area contributed by atoms with Crippen LogP contribution in [0.4, 0.5) is 0 Å². The molecule has 1 N–H and O–H groups in total. The molecule has 0 bridgehead atoms. The normalized spacial score (nSPS) is 19.1. The number of benzene rings is 2. The van der Waals surface area contributed by atoms with Crippen molar-refractivity contribution in [2.45, 2.75) is 38.3 Å². The Hall–Kier alpha value is -1.85. The van der Waals surface area contributed by atoms with E-state index in [0.717, 1.165) is 40.7 Å². The van der Waals surface area contributed by atoms with Crippen LogP contribution in [0.1, 0.15) is 43.4 Å². The molecule has 0 radical (unpaired) electrons. The summed E-state index contributed by atoms with van der Waals surface area (Å²) < 4.78 is 6.57. The predicted octanol–water partition coefficient (Wildman–Crippen LogP) is 4.88. The second-order valence-electron chi connectivity index (χ2n) is 6.54. The van der Waals surface area contributed by atoms with Crippen molar-refractivity contribution in [3.63, 3.8) is 0 Å². The van der Waals surface area contributed by atoms with Gasteiger partial charge in [-0.1, -0.05) is 46.6 Å². The molecule has 0 amide bonds. The van der Waals surface area contributed by atoms with Crippen molar-refractivity contribution in [2.24, 2.45) is 0 Å². The number of carbonyl (C=O) groups is 1. The van der Waals surface area contributed by atoms with Gasteiger partial charge in [0.15, 0.2) is 0 Å². The lowest BCUT2D eigenvalue weighted by Gasteiger charge is -2.39. The summed E-state index contributed by atoms with van der Waals surface area (Å²) >= 11 is 3.48. The maximum absolute atomic E-state index is 11.9. The smallest absolute Gasteiger partial charge is 0.320 e. The summed E-state index contributed by atoms with van der Waals surface area (Å²) in [5.41, 5.74) is 2.19. The molecule has 1 aliphatic heterocycles. The largest absolute Gasteiger partial charge is 0.494 e. The van der Waals surface area contributed by atoms with Crippen LogP contribution in [0.5, 0.6) is 5.75 Å².